The number of benzene rings is 1. The van der Waals surface area contributed by atoms with Crippen LogP contribution in [0.5, 0.6) is 6.01 Å². The number of rotatable bonds is 8. The van der Waals surface area contributed by atoms with E-state index in [-0.39, 0.29) is 31.6 Å². The number of hydrogen-bond donors (Lipinski definition) is 0. The fourth-order valence-electron chi connectivity index (χ4n) is 1.47. The zero-order valence-electron chi connectivity index (χ0n) is 11.1. The van der Waals surface area contributed by atoms with E-state index in [4.69, 9.17) is 20.2 Å². The molecule has 0 spiro atoms. The lowest BCUT2D eigenvalue weighted by molar-refractivity contribution is 0.107. The van der Waals surface area contributed by atoms with E-state index >= 15 is 0 Å². The van der Waals surface area contributed by atoms with Gasteiger partial charge in [0.05, 0.1) is 24.7 Å². The van der Waals surface area contributed by atoms with Gasteiger partial charge in [-0.2, -0.15) is 4.98 Å². The largest absolute Gasteiger partial charge is 0.460 e. The van der Waals surface area contributed by atoms with Crippen molar-refractivity contribution in [3.8, 4) is 11.7 Å². The molecule has 0 aliphatic heterocycles. The van der Waals surface area contributed by atoms with Gasteiger partial charge in [0, 0.05) is 10.7 Å². The van der Waals surface area contributed by atoms with Crippen molar-refractivity contribution in [3.63, 3.8) is 0 Å². The second-order valence-electron chi connectivity index (χ2n) is 4.01. The van der Waals surface area contributed by atoms with E-state index in [1.807, 2.05) is 30.3 Å². The van der Waals surface area contributed by atoms with Gasteiger partial charge >= 0.3 is 6.01 Å². The lowest BCUT2D eigenvalue weighted by atomic mass is 10.3. The van der Waals surface area contributed by atoms with Crippen LogP contribution in [0.25, 0.3) is 5.69 Å². The summed E-state index contributed by atoms with van der Waals surface area (Å²) in [5.41, 5.74) is 0.878. The molecule has 0 bridgehead atoms. The van der Waals surface area contributed by atoms with Crippen LogP contribution >= 0.6 is 10.7 Å². The maximum Gasteiger partial charge on any atom is 0.335 e. The van der Waals surface area contributed by atoms with Crippen LogP contribution in [0.1, 0.15) is 0 Å². The van der Waals surface area contributed by atoms with E-state index in [0.717, 1.165) is 5.69 Å². The maximum absolute atomic E-state index is 10.7. The fourth-order valence-corrected chi connectivity index (χ4v) is 1.98. The molecule has 0 N–H and O–H groups in total. The topological polar surface area (TPSA) is 83.3 Å². The third kappa shape index (κ3) is 5.70. The van der Waals surface area contributed by atoms with E-state index in [9.17, 15) is 8.42 Å². The molecular weight excluding hydrogens is 318 g/mol. The quantitative estimate of drug-likeness (QED) is 0.534. The van der Waals surface area contributed by atoms with Crippen molar-refractivity contribution >= 4 is 19.7 Å². The molecule has 7 nitrogen and oxygen atoms in total. The Morgan fingerprint density at radius 3 is 2.62 bits per heavy atom. The maximum atomic E-state index is 10.7. The second kappa shape index (κ2) is 7.39. The molecule has 0 aliphatic carbocycles. The summed E-state index contributed by atoms with van der Waals surface area (Å²) >= 11 is 0. The lowest BCUT2D eigenvalue weighted by Gasteiger charge is -2.03. The summed E-state index contributed by atoms with van der Waals surface area (Å²) < 4.78 is 33.3. The second-order valence-corrected chi connectivity index (χ2v) is 6.91. The minimum atomic E-state index is -3.51. The van der Waals surface area contributed by atoms with E-state index in [1.54, 1.807) is 11.0 Å². The molecule has 0 amide bonds. The summed E-state index contributed by atoms with van der Waals surface area (Å²) in [7, 11) is 1.53. The zero-order chi connectivity index (χ0) is 15.1. The van der Waals surface area contributed by atoms with E-state index in [1.165, 1.54) is 0 Å². The molecule has 0 unspecified atom stereocenters. The number of para-hydroxylation sites is 1. The monoisotopic (exact) mass is 331 g/mol. The van der Waals surface area contributed by atoms with Crippen LogP contribution < -0.4 is 4.74 Å². The molecule has 0 fully saturated rings. The average molecular weight is 332 g/mol. The molecule has 0 saturated heterocycles. The van der Waals surface area contributed by atoms with Crippen molar-refractivity contribution in [2.45, 2.75) is 0 Å². The first-order valence-electron chi connectivity index (χ1n) is 6.14. The van der Waals surface area contributed by atoms with Crippen molar-refractivity contribution in [2.24, 2.45) is 0 Å². The van der Waals surface area contributed by atoms with Gasteiger partial charge in [-0.25, -0.2) is 13.1 Å². The van der Waals surface area contributed by atoms with Gasteiger partial charge in [-0.15, -0.1) is 5.10 Å². The highest BCUT2D eigenvalue weighted by molar-refractivity contribution is 8.13. The Morgan fingerprint density at radius 1 is 1.14 bits per heavy atom. The van der Waals surface area contributed by atoms with Crippen LogP contribution in [0.3, 0.4) is 0 Å². The van der Waals surface area contributed by atoms with Crippen molar-refractivity contribution in [1.82, 2.24) is 14.8 Å². The predicted octanol–water partition coefficient (Wildman–Crippen LogP) is 1.23. The number of halogens is 1. The molecule has 1 aromatic carbocycles. The predicted molar refractivity (Wildman–Crippen MR) is 77.3 cm³/mol. The molecule has 0 saturated carbocycles. The van der Waals surface area contributed by atoms with Crippen molar-refractivity contribution in [3.05, 3.63) is 36.7 Å². The Morgan fingerprint density at radius 2 is 1.90 bits per heavy atom. The first-order valence-corrected chi connectivity index (χ1v) is 8.62. The van der Waals surface area contributed by atoms with Gasteiger partial charge in [0.1, 0.15) is 12.9 Å². The van der Waals surface area contributed by atoms with Crippen LogP contribution in [-0.4, -0.2) is 48.8 Å². The highest BCUT2D eigenvalue weighted by atomic mass is 35.7. The summed E-state index contributed by atoms with van der Waals surface area (Å²) in [5.74, 6) is -0.227. The molecule has 0 radical (unpaired) electrons. The Kier molecular flexibility index (Phi) is 5.54. The minimum absolute atomic E-state index is 0.0288. The van der Waals surface area contributed by atoms with Gasteiger partial charge in [-0.3, -0.25) is 0 Å². The minimum Gasteiger partial charge on any atom is -0.460 e. The van der Waals surface area contributed by atoms with Crippen LogP contribution in [0.15, 0.2) is 36.7 Å². The molecule has 2 aromatic rings. The molecule has 0 atom stereocenters. The van der Waals surface area contributed by atoms with Gasteiger partial charge in [0.25, 0.3) is 0 Å². The van der Waals surface area contributed by atoms with E-state index in [2.05, 4.69) is 10.1 Å². The SMILES string of the molecule is O=S(=O)(Cl)CCOCCOc1ncn(-c2ccccc2)n1. The third-order valence-corrected chi connectivity index (χ3v) is 3.54. The number of nitrogens with zero attached hydrogens (tertiary/aromatic N) is 3. The normalized spacial score (nSPS) is 11.5. The molecule has 9 heteroatoms. The number of aromatic nitrogens is 3. The van der Waals surface area contributed by atoms with E-state index in [0.29, 0.717) is 0 Å². The molecule has 0 aliphatic rings. The first-order chi connectivity index (χ1) is 10.0. The van der Waals surface area contributed by atoms with Gasteiger partial charge in [0.2, 0.25) is 9.05 Å². The van der Waals surface area contributed by atoms with Gasteiger partial charge in [0.15, 0.2) is 0 Å². The Labute approximate surface area is 126 Å². The Hall–Kier alpha value is -1.64. The van der Waals surface area contributed by atoms with Crippen LogP contribution in [0, 0.1) is 0 Å². The van der Waals surface area contributed by atoms with Gasteiger partial charge in [-0.1, -0.05) is 18.2 Å². The smallest absolute Gasteiger partial charge is 0.335 e. The van der Waals surface area contributed by atoms with E-state index < -0.39 is 9.05 Å². The highest BCUT2D eigenvalue weighted by Gasteiger charge is 2.05. The molecule has 2 rings (SSSR count). The Balaban J connectivity index is 1.72. The molecule has 1 heterocycles. The Bertz CT molecular complexity index is 660. The van der Waals surface area contributed by atoms with Crippen LogP contribution in [0.4, 0.5) is 0 Å². The number of ether oxygens (including phenoxy) is 2. The summed E-state index contributed by atoms with van der Waals surface area (Å²) in [5, 5.41) is 4.15. The molecule has 1 aromatic heterocycles. The van der Waals surface area contributed by atoms with Gasteiger partial charge < -0.3 is 9.47 Å². The lowest BCUT2D eigenvalue weighted by Crippen LogP contribution is -2.12. The summed E-state index contributed by atoms with van der Waals surface area (Å²) in [6.07, 6.45) is 1.55. The standard InChI is InChI=1S/C12H14ClN3O4S/c13-21(17,18)9-8-19-6-7-20-12-14-10-16(15-12)11-4-2-1-3-5-11/h1-5,10H,6-9H2. The molecule has 114 valence electrons. The summed E-state index contributed by atoms with van der Waals surface area (Å²) in [6, 6.07) is 9.73. The van der Waals surface area contributed by atoms with Crippen LogP contribution in [0.2, 0.25) is 0 Å². The van der Waals surface area contributed by atoms with Crippen molar-refractivity contribution < 1.29 is 17.9 Å². The van der Waals surface area contributed by atoms with Crippen molar-refractivity contribution in [1.29, 1.82) is 0 Å². The summed E-state index contributed by atoms with van der Waals surface area (Å²) in [6.45, 7) is 0.481. The molecular formula is C12H14ClN3O4S. The highest BCUT2D eigenvalue weighted by Crippen LogP contribution is 2.08. The molecule has 21 heavy (non-hydrogen) atoms. The zero-order valence-corrected chi connectivity index (χ0v) is 12.6. The first kappa shape index (κ1) is 15.7. The van der Waals surface area contributed by atoms with Crippen molar-refractivity contribution in [2.75, 3.05) is 25.6 Å². The van der Waals surface area contributed by atoms with Gasteiger partial charge in [-0.05, 0) is 12.1 Å². The third-order valence-electron chi connectivity index (χ3n) is 2.42. The fraction of sp³-hybridized carbons (Fsp3) is 0.333. The number of hydrogen-bond acceptors (Lipinski definition) is 6. The van der Waals surface area contributed by atoms with Crippen LogP contribution in [-0.2, 0) is 13.8 Å². The summed E-state index contributed by atoms with van der Waals surface area (Å²) in [4.78, 5) is 4.01. The average Bonchev–Trinajstić information content (AvgIpc) is 2.91.